The first-order chi connectivity index (χ1) is 14.2. The summed E-state index contributed by atoms with van der Waals surface area (Å²) < 4.78 is 53.5. The van der Waals surface area contributed by atoms with Crippen molar-refractivity contribution in [1.82, 2.24) is 4.98 Å². The molecule has 1 heterocycles. The van der Waals surface area contributed by atoms with Crippen LogP contribution < -0.4 is 4.74 Å². The van der Waals surface area contributed by atoms with E-state index in [1.807, 2.05) is 6.92 Å². The molecule has 9 heteroatoms. The zero-order chi connectivity index (χ0) is 21.9. The van der Waals surface area contributed by atoms with Crippen molar-refractivity contribution in [2.75, 3.05) is 13.2 Å². The fraction of sp³-hybridized carbons (Fsp3) is 0.619. The molecule has 3 rings (SSSR count). The fourth-order valence-electron chi connectivity index (χ4n) is 3.53. The van der Waals surface area contributed by atoms with Gasteiger partial charge in [-0.3, -0.25) is 4.79 Å². The van der Waals surface area contributed by atoms with E-state index in [0.29, 0.717) is 37.2 Å². The average molecular weight is 446 g/mol. The summed E-state index contributed by atoms with van der Waals surface area (Å²) in [6.45, 7) is 2.65. The minimum absolute atomic E-state index is 0.0410. The monoisotopic (exact) mass is 445 g/mol. The Morgan fingerprint density at radius 1 is 1.30 bits per heavy atom. The fourth-order valence-corrected chi connectivity index (χ4v) is 4.45. The van der Waals surface area contributed by atoms with Crippen molar-refractivity contribution in [3.05, 3.63) is 23.0 Å². The lowest BCUT2D eigenvalue weighted by Gasteiger charge is -2.29. The molecule has 30 heavy (non-hydrogen) atoms. The van der Waals surface area contributed by atoms with Crippen LogP contribution in [-0.2, 0) is 15.5 Å². The van der Waals surface area contributed by atoms with E-state index >= 15 is 0 Å². The van der Waals surface area contributed by atoms with Gasteiger partial charge in [0, 0.05) is 20.0 Å². The molecule has 5 nitrogen and oxygen atoms in total. The predicted octanol–water partition coefficient (Wildman–Crippen LogP) is 4.84. The molecule has 2 aromatic rings. The maximum atomic E-state index is 14.8. The van der Waals surface area contributed by atoms with Gasteiger partial charge in [0.1, 0.15) is 6.61 Å². The van der Waals surface area contributed by atoms with Crippen molar-refractivity contribution >= 4 is 27.3 Å². The number of fused-ring (bicyclic) bond motifs is 1. The van der Waals surface area contributed by atoms with Gasteiger partial charge in [0.05, 0.1) is 22.4 Å². The highest BCUT2D eigenvalue weighted by Gasteiger charge is 2.30. The van der Waals surface area contributed by atoms with Gasteiger partial charge in [0.2, 0.25) is 0 Å². The Hall–Kier alpha value is -1.71. The van der Waals surface area contributed by atoms with Gasteiger partial charge in [0.15, 0.2) is 22.4 Å². The van der Waals surface area contributed by atoms with Crippen molar-refractivity contribution in [1.29, 1.82) is 0 Å². The topological polar surface area (TPSA) is 68.7 Å². The Morgan fingerprint density at radius 3 is 2.60 bits per heavy atom. The van der Waals surface area contributed by atoms with Crippen molar-refractivity contribution < 1.29 is 32.5 Å². The second kappa shape index (κ2) is 9.62. The van der Waals surface area contributed by atoms with Crippen molar-refractivity contribution in [2.45, 2.75) is 64.1 Å². The molecule has 1 aliphatic carbocycles. The Balaban J connectivity index is 1.53. The highest BCUT2D eigenvalue weighted by atomic mass is 32.1. The molecule has 1 aromatic heterocycles. The molecule has 1 fully saturated rings. The van der Waals surface area contributed by atoms with Gasteiger partial charge in [-0.15, -0.1) is 11.3 Å². The normalized spacial score (nSPS) is 21.0. The minimum atomic E-state index is -3.11. The summed E-state index contributed by atoms with van der Waals surface area (Å²) in [7, 11) is 0. The Kier molecular flexibility index (Phi) is 7.36. The van der Waals surface area contributed by atoms with Crippen LogP contribution in [0.5, 0.6) is 5.75 Å². The number of carbonyl (C=O) groups excluding carboxylic acids is 1. The SMILES string of the molecule is C[C@@H](COC1CCC(Oc2ccc3nc(C(C)(F)F)sc3c2F)CC1)CC(=O)CO. The first-order valence-corrected chi connectivity index (χ1v) is 10.9. The average Bonchev–Trinajstić information content (AvgIpc) is 3.15. The molecule has 0 bridgehead atoms. The molecule has 1 saturated carbocycles. The second-order valence-corrected chi connectivity index (χ2v) is 8.99. The number of ether oxygens (including phenoxy) is 2. The molecule has 1 N–H and O–H groups in total. The van der Waals surface area contributed by atoms with Crippen LogP contribution in [0.15, 0.2) is 12.1 Å². The van der Waals surface area contributed by atoms with Crippen LogP contribution in [-0.4, -0.2) is 41.3 Å². The summed E-state index contributed by atoms with van der Waals surface area (Å²) in [6.07, 6.45) is 3.05. The maximum Gasteiger partial charge on any atom is 0.296 e. The third kappa shape index (κ3) is 5.70. The van der Waals surface area contributed by atoms with E-state index in [1.54, 1.807) is 0 Å². The highest BCUT2D eigenvalue weighted by Crippen LogP contribution is 2.38. The zero-order valence-corrected chi connectivity index (χ0v) is 17.8. The van der Waals surface area contributed by atoms with Crippen LogP contribution >= 0.6 is 11.3 Å². The van der Waals surface area contributed by atoms with E-state index in [9.17, 15) is 18.0 Å². The Morgan fingerprint density at radius 2 is 1.97 bits per heavy atom. The van der Waals surface area contributed by atoms with Crippen LogP contribution in [0.3, 0.4) is 0 Å². The number of benzene rings is 1. The number of hydrogen-bond donors (Lipinski definition) is 1. The summed E-state index contributed by atoms with van der Waals surface area (Å²) in [6, 6.07) is 2.95. The number of aliphatic hydroxyl groups excluding tert-OH is 1. The zero-order valence-electron chi connectivity index (χ0n) is 17.0. The molecule has 166 valence electrons. The minimum Gasteiger partial charge on any atom is -0.487 e. The first-order valence-electron chi connectivity index (χ1n) is 10.1. The van der Waals surface area contributed by atoms with Crippen LogP contribution in [0.25, 0.3) is 10.2 Å². The number of carbonyl (C=O) groups is 1. The van der Waals surface area contributed by atoms with Gasteiger partial charge in [-0.25, -0.2) is 9.37 Å². The number of rotatable bonds is 9. The molecule has 0 amide bonds. The Labute approximate surface area is 177 Å². The smallest absolute Gasteiger partial charge is 0.296 e. The summed E-state index contributed by atoms with van der Waals surface area (Å²) in [4.78, 5) is 15.1. The van der Waals surface area contributed by atoms with Crippen LogP contribution in [0.1, 0.15) is 51.0 Å². The lowest BCUT2D eigenvalue weighted by atomic mass is 9.94. The van der Waals surface area contributed by atoms with Crippen molar-refractivity contribution in [2.24, 2.45) is 5.92 Å². The van der Waals surface area contributed by atoms with E-state index in [2.05, 4.69) is 4.98 Å². The summed E-state index contributed by atoms with van der Waals surface area (Å²) in [5.41, 5.74) is 0.201. The molecule has 1 aromatic carbocycles. The molecule has 1 atom stereocenters. The maximum absolute atomic E-state index is 14.8. The van der Waals surface area contributed by atoms with Gasteiger partial charge in [-0.1, -0.05) is 6.92 Å². The number of hydrogen-bond acceptors (Lipinski definition) is 6. The Bertz CT molecular complexity index is 875. The number of aromatic nitrogens is 1. The number of ketones is 1. The number of thiazole rings is 1. The predicted molar refractivity (Wildman–Crippen MR) is 108 cm³/mol. The van der Waals surface area contributed by atoms with E-state index in [0.717, 1.165) is 19.8 Å². The number of aliphatic hydroxyl groups is 1. The van der Waals surface area contributed by atoms with Crippen molar-refractivity contribution in [3.63, 3.8) is 0 Å². The van der Waals surface area contributed by atoms with Gasteiger partial charge in [-0.2, -0.15) is 8.78 Å². The highest BCUT2D eigenvalue weighted by molar-refractivity contribution is 7.18. The van der Waals surface area contributed by atoms with Gasteiger partial charge >= 0.3 is 0 Å². The molecule has 0 aliphatic heterocycles. The van der Waals surface area contributed by atoms with E-state index in [-0.39, 0.29) is 39.9 Å². The lowest BCUT2D eigenvalue weighted by molar-refractivity contribution is -0.123. The molecule has 0 radical (unpaired) electrons. The van der Waals surface area contributed by atoms with Crippen LogP contribution in [0, 0.1) is 11.7 Å². The molecular formula is C21H26F3NO4S. The number of halogens is 3. The standard InChI is InChI=1S/C21H26F3NO4S/c1-12(9-13(27)10-26)11-28-14-3-5-15(6-4-14)29-17-8-7-16-19(18(17)22)30-20(25-16)21(2,23)24/h7-8,12,14-15,26H,3-6,9-11H2,1-2H3/t12-,14?,15?/m1/s1. The van der Waals surface area contributed by atoms with E-state index in [4.69, 9.17) is 14.6 Å². The van der Waals surface area contributed by atoms with Crippen LogP contribution in [0.2, 0.25) is 0 Å². The summed E-state index contributed by atoms with van der Waals surface area (Å²) >= 11 is 0.647. The van der Waals surface area contributed by atoms with Gasteiger partial charge in [0.25, 0.3) is 5.92 Å². The molecular weight excluding hydrogens is 419 g/mol. The third-order valence-corrected chi connectivity index (χ3v) is 6.36. The van der Waals surface area contributed by atoms with Gasteiger partial charge < -0.3 is 14.6 Å². The van der Waals surface area contributed by atoms with Crippen molar-refractivity contribution in [3.8, 4) is 5.75 Å². The molecule has 0 unspecified atom stereocenters. The van der Waals surface area contributed by atoms with E-state index < -0.39 is 23.4 Å². The largest absolute Gasteiger partial charge is 0.487 e. The second-order valence-electron chi connectivity index (χ2n) is 7.99. The van der Waals surface area contributed by atoms with Crippen LogP contribution in [0.4, 0.5) is 13.2 Å². The first kappa shape index (κ1) is 23.0. The molecule has 0 spiro atoms. The van der Waals surface area contributed by atoms with E-state index in [1.165, 1.54) is 12.1 Å². The third-order valence-electron chi connectivity index (χ3n) is 5.12. The summed E-state index contributed by atoms with van der Waals surface area (Å²) in [5, 5.41) is 8.38. The number of Topliss-reactive ketones (excluding diaryl/α,β-unsaturated/α-hetero) is 1. The lowest BCUT2D eigenvalue weighted by Crippen LogP contribution is -2.29. The number of nitrogens with zero attached hydrogens (tertiary/aromatic N) is 1. The quantitative estimate of drug-likeness (QED) is 0.598. The summed E-state index contributed by atoms with van der Waals surface area (Å²) in [5.74, 6) is -3.87. The molecule has 1 aliphatic rings. The number of alkyl halides is 2. The van der Waals surface area contributed by atoms with Gasteiger partial charge in [-0.05, 0) is 43.7 Å². The molecule has 0 saturated heterocycles.